The monoisotopic (exact) mass is 790 g/mol. The summed E-state index contributed by atoms with van der Waals surface area (Å²) in [5.41, 5.74) is 19.8. The van der Waals surface area contributed by atoms with E-state index in [1.54, 1.807) is 0 Å². The summed E-state index contributed by atoms with van der Waals surface area (Å²) >= 11 is 0. The van der Waals surface area contributed by atoms with Crippen molar-refractivity contribution >= 4 is 10.8 Å². The first-order chi connectivity index (χ1) is 30.5. The minimum atomic E-state index is -0.434. The first kappa shape index (κ1) is 36.2. The van der Waals surface area contributed by atoms with Gasteiger partial charge in [0.2, 0.25) is 0 Å². The minimum Gasteiger partial charge on any atom is -0.228 e. The summed E-state index contributed by atoms with van der Waals surface area (Å²) < 4.78 is 0. The van der Waals surface area contributed by atoms with Crippen molar-refractivity contribution in [2.75, 3.05) is 0 Å². The largest absolute Gasteiger partial charge is 0.228 e. The third-order valence-corrected chi connectivity index (χ3v) is 13.6. The van der Waals surface area contributed by atoms with E-state index in [1.807, 2.05) is 6.07 Å². The Morgan fingerprint density at radius 3 is 1.55 bits per heavy atom. The van der Waals surface area contributed by atoms with E-state index >= 15 is 0 Å². The summed E-state index contributed by atoms with van der Waals surface area (Å²) in [6.45, 7) is 4.66. The maximum absolute atomic E-state index is 5.35. The van der Waals surface area contributed by atoms with E-state index in [9.17, 15) is 0 Å². The van der Waals surface area contributed by atoms with E-state index in [2.05, 4.69) is 226 Å². The quantitative estimate of drug-likeness (QED) is 0.168. The van der Waals surface area contributed by atoms with Crippen molar-refractivity contribution in [3.8, 4) is 67.3 Å². The highest BCUT2D eigenvalue weighted by atomic mass is 14.9. The molecule has 0 amide bonds. The summed E-state index contributed by atoms with van der Waals surface area (Å²) in [6, 6.07) is 79.6. The molecule has 62 heavy (non-hydrogen) atoms. The van der Waals surface area contributed by atoms with Crippen LogP contribution in [0.5, 0.6) is 0 Å². The molecule has 9 aromatic carbocycles. The lowest BCUT2D eigenvalue weighted by atomic mass is 9.67. The van der Waals surface area contributed by atoms with Crippen molar-refractivity contribution in [3.05, 3.63) is 252 Å². The lowest BCUT2D eigenvalue weighted by Crippen LogP contribution is -2.28. The molecule has 0 aliphatic heterocycles. The van der Waals surface area contributed by atoms with Crippen LogP contribution >= 0.6 is 0 Å². The number of nitrogens with zero attached hydrogens (tertiary/aromatic N) is 2. The fraction of sp³-hybridized carbons (Fsp3) is 0.0667. The molecule has 0 atom stereocenters. The van der Waals surface area contributed by atoms with Crippen LogP contribution in [0.1, 0.15) is 47.2 Å². The Morgan fingerprint density at radius 2 is 0.839 bits per heavy atom. The zero-order valence-corrected chi connectivity index (χ0v) is 34.7. The number of fused-ring (bicyclic) bond motifs is 7. The number of rotatable bonds is 6. The van der Waals surface area contributed by atoms with Crippen molar-refractivity contribution in [3.63, 3.8) is 0 Å². The molecule has 0 saturated carbocycles. The first-order valence-corrected chi connectivity index (χ1v) is 21.6. The SMILES string of the molecule is CC1(C)c2ccccc2-c2c(-c3cc(-c4ccc(-c5ccc6c(c5)-c5ccccc5C6(c5ccccc5)c5ccccc5)c5ccccc45)nc(-c4ccccc4)n3)cccc21. The molecule has 2 aliphatic rings. The van der Waals surface area contributed by atoms with Gasteiger partial charge in [-0.2, -0.15) is 0 Å². The molecule has 0 saturated heterocycles. The number of aromatic nitrogens is 2. The molecule has 0 radical (unpaired) electrons. The van der Waals surface area contributed by atoms with Crippen LogP contribution in [0.15, 0.2) is 218 Å². The van der Waals surface area contributed by atoms with Crippen molar-refractivity contribution in [2.24, 2.45) is 0 Å². The van der Waals surface area contributed by atoms with Crippen LogP contribution in [0, 0.1) is 0 Å². The van der Waals surface area contributed by atoms with E-state index in [4.69, 9.17) is 9.97 Å². The van der Waals surface area contributed by atoms with Gasteiger partial charge in [-0.15, -0.1) is 0 Å². The fourth-order valence-corrected chi connectivity index (χ4v) is 10.8. The first-order valence-electron chi connectivity index (χ1n) is 21.6. The molecule has 2 nitrogen and oxygen atoms in total. The van der Waals surface area contributed by atoms with Gasteiger partial charge in [-0.25, -0.2) is 9.97 Å². The predicted molar refractivity (Wildman–Crippen MR) is 256 cm³/mol. The molecule has 1 aromatic heterocycles. The molecule has 2 aliphatic carbocycles. The molecule has 0 N–H and O–H groups in total. The third kappa shape index (κ3) is 5.29. The van der Waals surface area contributed by atoms with Crippen LogP contribution in [-0.2, 0) is 10.8 Å². The van der Waals surface area contributed by atoms with Crippen LogP contribution in [-0.4, -0.2) is 9.97 Å². The van der Waals surface area contributed by atoms with Gasteiger partial charge in [0.05, 0.1) is 16.8 Å². The number of benzene rings is 9. The van der Waals surface area contributed by atoms with Crippen LogP contribution < -0.4 is 0 Å². The van der Waals surface area contributed by atoms with Crippen LogP contribution in [0.25, 0.3) is 78.1 Å². The zero-order valence-electron chi connectivity index (χ0n) is 34.7. The van der Waals surface area contributed by atoms with E-state index in [-0.39, 0.29) is 5.41 Å². The van der Waals surface area contributed by atoms with E-state index in [0.29, 0.717) is 5.82 Å². The third-order valence-electron chi connectivity index (χ3n) is 13.6. The second kappa shape index (κ2) is 13.9. The van der Waals surface area contributed by atoms with Gasteiger partial charge in [0.25, 0.3) is 0 Å². The maximum Gasteiger partial charge on any atom is 0.160 e. The normalized spacial score (nSPS) is 13.9. The summed E-state index contributed by atoms with van der Waals surface area (Å²) in [5.74, 6) is 0.715. The standard InChI is InChI=1S/C60H42N2/c1-59(2)51-30-16-15-28-48(51)57-49(29-18-32-54(57)59)56-38-55(61-58(62-56)39-19-6-3-7-20-39)47-35-34-43(44-25-12-13-26-45(44)47)40-33-36-53-50(37-40)46-27-14-17-31-52(46)60(53,41-21-8-4-9-22-41)42-23-10-5-11-24-42/h3-38H,1-2H3. The molecule has 12 rings (SSSR count). The molecular weight excluding hydrogens is 749 g/mol. The number of hydrogen-bond donors (Lipinski definition) is 0. The van der Waals surface area contributed by atoms with Gasteiger partial charge in [-0.1, -0.05) is 220 Å². The lowest BCUT2D eigenvalue weighted by Gasteiger charge is -2.33. The molecular formula is C60H42N2. The summed E-state index contributed by atoms with van der Waals surface area (Å²) in [4.78, 5) is 10.7. The highest BCUT2D eigenvalue weighted by Crippen LogP contribution is 2.57. The lowest BCUT2D eigenvalue weighted by molar-refractivity contribution is 0.660. The van der Waals surface area contributed by atoms with Crippen LogP contribution in [0.4, 0.5) is 0 Å². The van der Waals surface area contributed by atoms with Crippen molar-refractivity contribution in [1.82, 2.24) is 9.97 Å². The second-order valence-electron chi connectivity index (χ2n) is 17.2. The highest BCUT2D eigenvalue weighted by molar-refractivity contribution is 6.06. The molecule has 10 aromatic rings. The van der Waals surface area contributed by atoms with E-state index in [0.717, 1.165) is 33.5 Å². The van der Waals surface area contributed by atoms with Gasteiger partial charge in [-0.3, -0.25) is 0 Å². The van der Waals surface area contributed by atoms with Crippen LogP contribution in [0.3, 0.4) is 0 Å². The second-order valence-corrected chi connectivity index (χ2v) is 17.2. The Labute approximate surface area is 362 Å². The highest BCUT2D eigenvalue weighted by Gasteiger charge is 2.46. The molecule has 0 bridgehead atoms. The minimum absolute atomic E-state index is 0.115. The molecule has 0 spiro atoms. The Bertz CT molecular complexity index is 3330. The summed E-state index contributed by atoms with van der Waals surface area (Å²) in [5, 5.41) is 2.34. The van der Waals surface area contributed by atoms with Gasteiger partial charge < -0.3 is 0 Å². The Hall–Kier alpha value is -7.68. The number of hydrogen-bond acceptors (Lipinski definition) is 2. The van der Waals surface area contributed by atoms with E-state index < -0.39 is 5.41 Å². The van der Waals surface area contributed by atoms with Gasteiger partial charge >= 0.3 is 0 Å². The van der Waals surface area contributed by atoms with Crippen molar-refractivity contribution in [1.29, 1.82) is 0 Å². The van der Waals surface area contributed by atoms with E-state index in [1.165, 1.54) is 72.1 Å². The fourth-order valence-electron chi connectivity index (χ4n) is 10.8. The Kier molecular flexibility index (Phi) is 8.14. The molecule has 292 valence electrons. The smallest absolute Gasteiger partial charge is 0.160 e. The molecule has 1 heterocycles. The summed E-state index contributed by atoms with van der Waals surface area (Å²) in [7, 11) is 0. The topological polar surface area (TPSA) is 25.8 Å². The maximum atomic E-state index is 5.35. The molecule has 2 heteroatoms. The van der Waals surface area contributed by atoms with Gasteiger partial charge in [0.1, 0.15) is 0 Å². The van der Waals surface area contributed by atoms with Crippen LogP contribution in [0.2, 0.25) is 0 Å². The average molecular weight is 791 g/mol. The average Bonchev–Trinajstić information content (AvgIpc) is 3.77. The van der Waals surface area contributed by atoms with Gasteiger partial charge in [-0.05, 0) is 89.7 Å². The summed E-state index contributed by atoms with van der Waals surface area (Å²) in [6.07, 6.45) is 0. The Morgan fingerprint density at radius 1 is 0.323 bits per heavy atom. The predicted octanol–water partition coefficient (Wildman–Crippen LogP) is 15.0. The molecule has 0 unspecified atom stereocenters. The van der Waals surface area contributed by atoms with Crippen molar-refractivity contribution < 1.29 is 0 Å². The van der Waals surface area contributed by atoms with Gasteiger partial charge in [0, 0.05) is 22.1 Å². The Balaban J connectivity index is 1.05. The zero-order chi connectivity index (χ0) is 41.4. The van der Waals surface area contributed by atoms with Crippen molar-refractivity contribution in [2.45, 2.75) is 24.7 Å². The van der Waals surface area contributed by atoms with Gasteiger partial charge in [0.15, 0.2) is 5.82 Å². The molecule has 0 fully saturated rings.